The van der Waals surface area contributed by atoms with Crippen LogP contribution in [0, 0.1) is 18.6 Å². The molecule has 124 valence electrons. The van der Waals surface area contributed by atoms with Crippen LogP contribution in [0.1, 0.15) is 30.5 Å². The first kappa shape index (κ1) is 21.9. The molecule has 1 rings (SSSR count). The quantitative estimate of drug-likeness (QED) is 0.674. The molecular weight excluding hydrogens is 310 g/mol. The molecule has 0 radical (unpaired) electrons. The molecule has 0 spiro atoms. The summed E-state index contributed by atoms with van der Waals surface area (Å²) >= 11 is 0. The summed E-state index contributed by atoms with van der Waals surface area (Å²) in [4.78, 5) is 0. The summed E-state index contributed by atoms with van der Waals surface area (Å²) in [5.41, 5.74) is -1.61. The van der Waals surface area contributed by atoms with Crippen LogP contribution in [0.25, 0.3) is 0 Å². The highest BCUT2D eigenvalue weighted by Crippen LogP contribution is 2.43. The molecule has 0 bridgehead atoms. The monoisotopic (exact) mass is 325 g/mol. The lowest BCUT2D eigenvalue weighted by Gasteiger charge is -2.18. The molecule has 1 nitrogen and oxygen atoms in total. The number of nitrogens with two attached hydrogens (primary N) is 1. The van der Waals surface area contributed by atoms with Crippen LogP contribution in [0.2, 0.25) is 0 Å². The Morgan fingerprint density at radius 3 is 1.38 bits per heavy atom. The van der Waals surface area contributed by atoms with Gasteiger partial charge >= 0.3 is 12.4 Å². The van der Waals surface area contributed by atoms with Gasteiger partial charge in [-0.05, 0) is 19.5 Å². The van der Waals surface area contributed by atoms with E-state index in [9.17, 15) is 35.1 Å². The van der Waals surface area contributed by atoms with Crippen LogP contribution in [-0.2, 0) is 12.4 Å². The molecule has 1 aromatic rings. The Morgan fingerprint density at radius 2 is 1.10 bits per heavy atom. The van der Waals surface area contributed by atoms with Crippen molar-refractivity contribution in [3.05, 3.63) is 34.4 Å². The summed E-state index contributed by atoms with van der Waals surface area (Å²) in [6.07, 6.45) is -11.0. The molecular formula is C12H15F8N. The van der Waals surface area contributed by atoms with Gasteiger partial charge in [-0.3, -0.25) is 0 Å². The van der Waals surface area contributed by atoms with Gasteiger partial charge in [0, 0.05) is 6.07 Å². The maximum Gasteiger partial charge on any atom is 0.419 e. The van der Waals surface area contributed by atoms with Gasteiger partial charge < -0.3 is 5.73 Å². The van der Waals surface area contributed by atoms with E-state index in [1.165, 1.54) is 7.05 Å². The molecule has 0 aromatic heterocycles. The maximum atomic E-state index is 12.9. The van der Waals surface area contributed by atoms with Crippen molar-refractivity contribution in [1.29, 1.82) is 0 Å². The molecule has 9 heteroatoms. The maximum absolute atomic E-state index is 12.9. The van der Waals surface area contributed by atoms with Gasteiger partial charge in [0.1, 0.15) is 17.2 Å². The second kappa shape index (κ2) is 8.16. The Hall–Kier alpha value is -1.38. The Labute approximate surface area is 116 Å². The summed E-state index contributed by atoms with van der Waals surface area (Å²) in [5.74, 6) is -3.96. The van der Waals surface area contributed by atoms with E-state index in [1.54, 1.807) is 0 Å². The van der Waals surface area contributed by atoms with Crippen molar-refractivity contribution < 1.29 is 35.1 Å². The molecule has 0 saturated heterocycles. The highest BCUT2D eigenvalue weighted by atomic mass is 19.4. The Bertz CT molecular complexity index is 448. The van der Waals surface area contributed by atoms with Gasteiger partial charge in [-0.25, -0.2) is 8.78 Å². The summed E-state index contributed by atoms with van der Waals surface area (Å²) in [5, 5.41) is 0. The first-order valence-electron chi connectivity index (χ1n) is 5.67. The molecule has 0 saturated carbocycles. The van der Waals surface area contributed by atoms with E-state index in [-0.39, 0.29) is 6.07 Å². The molecule has 21 heavy (non-hydrogen) atoms. The fourth-order valence-corrected chi connectivity index (χ4v) is 1.35. The fraction of sp³-hybridized carbons (Fsp3) is 0.500. The topological polar surface area (TPSA) is 26.0 Å². The third-order valence-electron chi connectivity index (χ3n) is 2.04. The minimum atomic E-state index is -5.55. The smallest absolute Gasteiger partial charge is 0.333 e. The van der Waals surface area contributed by atoms with Crippen molar-refractivity contribution in [3.63, 3.8) is 0 Å². The number of hydrogen-bond acceptors (Lipinski definition) is 1. The van der Waals surface area contributed by atoms with Crippen LogP contribution in [0.3, 0.4) is 0 Å². The van der Waals surface area contributed by atoms with Crippen LogP contribution in [-0.4, -0.2) is 7.05 Å². The Balaban J connectivity index is 0. The molecule has 0 amide bonds. The number of benzene rings is 1. The van der Waals surface area contributed by atoms with Gasteiger partial charge in [-0.2, -0.15) is 26.3 Å². The Morgan fingerprint density at radius 1 is 0.762 bits per heavy atom. The lowest BCUT2D eigenvalue weighted by Crippen LogP contribution is -2.21. The average molecular weight is 325 g/mol. The molecule has 0 aliphatic carbocycles. The largest absolute Gasteiger partial charge is 0.419 e. The van der Waals surface area contributed by atoms with Gasteiger partial charge in [-0.1, -0.05) is 13.8 Å². The minimum absolute atomic E-state index is 0.215. The zero-order valence-electron chi connectivity index (χ0n) is 11.7. The molecule has 1 aromatic carbocycles. The normalized spacial score (nSPS) is 11.1. The predicted molar refractivity (Wildman–Crippen MR) is 62.6 cm³/mol. The summed E-state index contributed by atoms with van der Waals surface area (Å²) < 4.78 is 99.7. The fourth-order valence-electron chi connectivity index (χ4n) is 1.35. The van der Waals surface area contributed by atoms with E-state index in [0.29, 0.717) is 6.92 Å². The van der Waals surface area contributed by atoms with Crippen LogP contribution in [0.4, 0.5) is 35.1 Å². The predicted octanol–water partition coefficient (Wildman–Crippen LogP) is 4.91. The van der Waals surface area contributed by atoms with E-state index in [2.05, 4.69) is 5.73 Å². The van der Waals surface area contributed by atoms with E-state index in [1.807, 2.05) is 13.8 Å². The van der Waals surface area contributed by atoms with Crippen molar-refractivity contribution in [3.8, 4) is 0 Å². The first-order chi connectivity index (χ1) is 9.46. The lowest BCUT2D eigenvalue weighted by atomic mass is 9.99. The zero-order chi connectivity index (χ0) is 17.6. The third kappa shape index (κ3) is 5.49. The highest BCUT2D eigenvalue weighted by Gasteiger charge is 2.47. The second-order valence-corrected chi connectivity index (χ2v) is 3.21. The molecule has 0 fully saturated rings. The van der Waals surface area contributed by atoms with Gasteiger partial charge in [0.2, 0.25) is 0 Å². The SMILES string of the molecule is CC.CN.Cc1c(F)cc(F)c(C(F)(F)F)c1C(F)(F)F. The number of rotatable bonds is 0. The summed E-state index contributed by atoms with van der Waals surface area (Å²) in [6.45, 7) is 4.51. The van der Waals surface area contributed by atoms with E-state index in [0.717, 1.165) is 0 Å². The Kier molecular flexibility index (Phi) is 8.51. The van der Waals surface area contributed by atoms with Crippen molar-refractivity contribution in [1.82, 2.24) is 0 Å². The molecule has 0 atom stereocenters. The van der Waals surface area contributed by atoms with E-state index >= 15 is 0 Å². The van der Waals surface area contributed by atoms with Gasteiger partial charge in [0.15, 0.2) is 0 Å². The molecule has 0 heterocycles. The first-order valence-corrected chi connectivity index (χ1v) is 5.67. The minimum Gasteiger partial charge on any atom is -0.333 e. The van der Waals surface area contributed by atoms with Crippen LogP contribution < -0.4 is 5.73 Å². The van der Waals surface area contributed by atoms with E-state index < -0.39 is 40.7 Å². The van der Waals surface area contributed by atoms with Crippen molar-refractivity contribution in [2.24, 2.45) is 5.73 Å². The van der Waals surface area contributed by atoms with Crippen LogP contribution in [0.5, 0.6) is 0 Å². The molecule has 2 N–H and O–H groups in total. The molecule has 0 aliphatic heterocycles. The van der Waals surface area contributed by atoms with Crippen LogP contribution >= 0.6 is 0 Å². The summed E-state index contributed by atoms with van der Waals surface area (Å²) in [7, 11) is 1.50. The highest BCUT2D eigenvalue weighted by molar-refractivity contribution is 5.40. The lowest BCUT2D eigenvalue weighted by molar-refractivity contribution is -0.164. The van der Waals surface area contributed by atoms with Gasteiger partial charge in [0.05, 0.1) is 5.56 Å². The van der Waals surface area contributed by atoms with E-state index in [4.69, 9.17) is 0 Å². The number of alkyl halides is 6. The van der Waals surface area contributed by atoms with Crippen molar-refractivity contribution >= 4 is 0 Å². The molecule has 0 aliphatic rings. The standard InChI is InChI=1S/C9H4F8.C2H6.CH5N/c1-3-4(10)2-5(11)7(9(15,16)17)6(3)8(12,13)14;2*1-2/h2H,1H3;1-2H3;2H2,1H3. The number of halogens is 8. The second-order valence-electron chi connectivity index (χ2n) is 3.21. The average Bonchev–Trinajstić information content (AvgIpc) is 2.35. The van der Waals surface area contributed by atoms with Crippen molar-refractivity contribution in [2.75, 3.05) is 7.05 Å². The number of hydrogen-bond donors (Lipinski definition) is 1. The van der Waals surface area contributed by atoms with Gasteiger partial charge in [-0.15, -0.1) is 0 Å². The zero-order valence-corrected chi connectivity index (χ0v) is 11.7. The molecule has 0 unspecified atom stereocenters. The van der Waals surface area contributed by atoms with Crippen molar-refractivity contribution in [2.45, 2.75) is 33.1 Å². The third-order valence-corrected chi connectivity index (χ3v) is 2.04. The van der Waals surface area contributed by atoms with Crippen LogP contribution in [0.15, 0.2) is 6.07 Å². The van der Waals surface area contributed by atoms with Gasteiger partial charge in [0.25, 0.3) is 0 Å². The summed E-state index contributed by atoms with van der Waals surface area (Å²) in [6, 6.07) is -0.215.